The molecule has 6 rings (SSSR count). The van der Waals surface area contributed by atoms with Crippen LogP contribution in [-0.2, 0) is 4.74 Å². The highest BCUT2D eigenvalue weighted by atomic mass is 35.5. The molecule has 1 saturated carbocycles. The second kappa shape index (κ2) is 11.8. The fourth-order valence-electron chi connectivity index (χ4n) is 6.40. The summed E-state index contributed by atoms with van der Waals surface area (Å²) in [6.07, 6.45) is 9.85. The average molecular weight is 589 g/mol. The molecule has 1 aliphatic carbocycles. The maximum atomic E-state index is 13.6. The third kappa shape index (κ3) is 5.51. The van der Waals surface area contributed by atoms with Gasteiger partial charge in [0.2, 0.25) is 0 Å². The quantitative estimate of drug-likeness (QED) is 0.327. The number of carbonyl (C=O) groups excluding carboxylic acids is 2. The molecule has 0 spiro atoms. The second-order valence-electron chi connectivity index (χ2n) is 11.4. The van der Waals surface area contributed by atoms with Crippen LogP contribution >= 0.6 is 11.6 Å². The molecule has 9 nitrogen and oxygen atoms in total. The molecule has 3 aliphatic rings. The highest BCUT2D eigenvalue weighted by molar-refractivity contribution is 6.31. The van der Waals surface area contributed by atoms with Crippen LogP contribution in [0.2, 0.25) is 5.02 Å². The number of benzene rings is 2. The number of nitrogens with one attached hydrogen (secondary N) is 2. The lowest BCUT2D eigenvalue weighted by atomic mass is 9.96. The van der Waals surface area contributed by atoms with Crippen LogP contribution in [0, 0.1) is 5.92 Å². The molecule has 2 N–H and O–H groups in total. The Morgan fingerprint density at radius 2 is 1.98 bits per heavy atom. The van der Waals surface area contributed by atoms with Crippen LogP contribution < -0.4 is 11.0 Å². The van der Waals surface area contributed by atoms with E-state index in [1.807, 2.05) is 60.7 Å². The molecule has 220 valence electrons. The summed E-state index contributed by atoms with van der Waals surface area (Å²) in [6, 6.07) is 13.8. The number of hydrogen-bond donors (Lipinski definition) is 2. The maximum absolute atomic E-state index is 13.6. The topological polar surface area (TPSA) is 91.7 Å². The number of nitrogens with zero attached hydrogens (tertiary/aromatic N) is 4. The van der Waals surface area contributed by atoms with Crippen LogP contribution in [0.5, 0.6) is 0 Å². The maximum Gasteiger partial charge on any atom is 0.341 e. The number of ether oxygens (including phenoxy) is 1. The van der Waals surface area contributed by atoms with E-state index in [2.05, 4.69) is 27.9 Å². The van der Waals surface area contributed by atoms with E-state index in [4.69, 9.17) is 16.3 Å². The van der Waals surface area contributed by atoms with Gasteiger partial charge in [0.1, 0.15) is 5.56 Å². The molecular weight excluding hydrogens is 552 g/mol. The van der Waals surface area contributed by atoms with Crippen LogP contribution in [0.3, 0.4) is 0 Å². The smallest absolute Gasteiger partial charge is 0.341 e. The number of piperidine rings is 1. The van der Waals surface area contributed by atoms with Gasteiger partial charge in [0, 0.05) is 54.0 Å². The van der Waals surface area contributed by atoms with E-state index in [0.29, 0.717) is 22.2 Å². The van der Waals surface area contributed by atoms with Crippen molar-refractivity contribution in [1.82, 2.24) is 30.6 Å². The molecule has 10 heteroatoms. The lowest BCUT2D eigenvalue weighted by Gasteiger charge is -2.36. The van der Waals surface area contributed by atoms with Gasteiger partial charge in [0.15, 0.2) is 0 Å². The first-order chi connectivity index (χ1) is 20.4. The van der Waals surface area contributed by atoms with Gasteiger partial charge in [-0.05, 0) is 73.6 Å². The first-order valence-corrected chi connectivity index (χ1v) is 15.1. The second-order valence-corrected chi connectivity index (χ2v) is 11.9. The summed E-state index contributed by atoms with van der Waals surface area (Å²) < 4.78 is 6.90. The number of methoxy groups -OCH3 is 1. The Morgan fingerprint density at radius 3 is 2.74 bits per heavy atom. The molecule has 0 bridgehead atoms. The highest BCUT2D eigenvalue weighted by Crippen LogP contribution is 2.53. The Bertz CT molecular complexity index is 1530. The zero-order chi connectivity index (χ0) is 29.4. The van der Waals surface area contributed by atoms with Gasteiger partial charge in [-0.1, -0.05) is 37.1 Å². The van der Waals surface area contributed by atoms with Gasteiger partial charge in [0.05, 0.1) is 24.7 Å². The van der Waals surface area contributed by atoms with Crippen LogP contribution in [0.4, 0.5) is 0 Å². The molecule has 3 heterocycles. The number of amides is 1. The van der Waals surface area contributed by atoms with Crippen molar-refractivity contribution in [2.24, 2.45) is 5.92 Å². The predicted molar refractivity (Wildman–Crippen MR) is 162 cm³/mol. The van der Waals surface area contributed by atoms with Crippen molar-refractivity contribution >= 4 is 23.5 Å². The lowest BCUT2D eigenvalue weighted by Crippen LogP contribution is -2.43. The largest absolute Gasteiger partial charge is 0.465 e. The van der Waals surface area contributed by atoms with Crippen molar-refractivity contribution in [3.8, 4) is 16.8 Å². The van der Waals surface area contributed by atoms with Crippen molar-refractivity contribution in [3.05, 3.63) is 82.4 Å². The van der Waals surface area contributed by atoms with Gasteiger partial charge in [0.25, 0.3) is 5.91 Å². The van der Waals surface area contributed by atoms with E-state index in [1.54, 1.807) is 10.9 Å². The number of rotatable bonds is 8. The number of aromatic nitrogens is 2. The van der Waals surface area contributed by atoms with Gasteiger partial charge in [-0.25, -0.2) is 9.48 Å². The van der Waals surface area contributed by atoms with Crippen molar-refractivity contribution < 1.29 is 14.3 Å². The predicted octanol–water partition coefficient (Wildman–Crippen LogP) is 5.67. The molecule has 3 atom stereocenters. The Labute approximate surface area is 251 Å². The number of esters is 1. The van der Waals surface area contributed by atoms with Gasteiger partial charge in [-0.3, -0.25) is 9.80 Å². The summed E-state index contributed by atoms with van der Waals surface area (Å²) in [5, 5.41) is 7.03. The summed E-state index contributed by atoms with van der Waals surface area (Å²) in [7, 11) is 3.31. The zero-order valence-electron chi connectivity index (χ0n) is 24.3. The zero-order valence-corrected chi connectivity index (χ0v) is 25.0. The molecule has 1 aromatic heterocycles. The van der Waals surface area contributed by atoms with Gasteiger partial charge >= 0.3 is 5.97 Å². The number of halogens is 1. The van der Waals surface area contributed by atoms with Crippen LogP contribution in [0.25, 0.3) is 16.8 Å². The number of likely N-dealkylation sites (tertiary alicyclic amines) is 1. The molecule has 2 aromatic carbocycles. The first-order valence-electron chi connectivity index (χ1n) is 14.7. The summed E-state index contributed by atoms with van der Waals surface area (Å²) >= 11 is 6.68. The minimum absolute atomic E-state index is 0.0811. The fourth-order valence-corrected chi connectivity index (χ4v) is 6.63. The van der Waals surface area contributed by atoms with E-state index < -0.39 is 5.97 Å². The minimum Gasteiger partial charge on any atom is -0.465 e. The van der Waals surface area contributed by atoms with E-state index in [9.17, 15) is 9.59 Å². The summed E-state index contributed by atoms with van der Waals surface area (Å²) in [4.78, 5) is 28.4. The van der Waals surface area contributed by atoms with Crippen molar-refractivity contribution in [2.45, 2.75) is 57.4 Å². The molecule has 1 amide bonds. The molecule has 3 aromatic rings. The average Bonchev–Trinajstić information content (AvgIpc) is 3.45. The van der Waals surface area contributed by atoms with E-state index in [-0.39, 0.29) is 17.7 Å². The van der Waals surface area contributed by atoms with Gasteiger partial charge in [-0.15, -0.1) is 5.53 Å². The van der Waals surface area contributed by atoms with E-state index in [1.165, 1.54) is 13.5 Å². The number of hydrazine groups is 2. The number of carbonyl (C=O) groups is 2. The fraction of sp³-hybridized carbons (Fsp3) is 0.406. The van der Waals surface area contributed by atoms with Crippen LogP contribution in [0.1, 0.15) is 77.8 Å². The Hall–Kier alpha value is -3.82. The van der Waals surface area contributed by atoms with E-state index in [0.717, 1.165) is 66.9 Å². The molecule has 0 radical (unpaired) electrons. The third-order valence-corrected chi connectivity index (χ3v) is 8.76. The molecule has 1 saturated heterocycles. The Kier molecular flexibility index (Phi) is 7.96. The molecule has 42 heavy (non-hydrogen) atoms. The van der Waals surface area contributed by atoms with Gasteiger partial charge in [-0.2, -0.15) is 5.10 Å². The monoisotopic (exact) mass is 588 g/mol. The number of hydrogen-bond acceptors (Lipinski definition) is 7. The minimum atomic E-state index is -0.418. The summed E-state index contributed by atoms with van der Waals surface area (Å²) in [5.74, 6) is -0.0336. The lowest BCUT2D eigenvalue weighted by molar-refractivity contribution is 0.0592. The number of allylic oxidation sites excluding steroid dienone is 1. The van der Waals surface area contributed by atoms with Crippen molar-refractivity contribution in [3.63, 3.8) is 0 Å². The van der Waals surface area contributed by atoms with Crippen molar-refractivity contribution in [1.29, 1.82) is 0 Å². The van der Waals surface area contributed by atoms with Crippen molar-refractivity contribution in [2.75, 3.05) is 20.7 Å². The van der Waals surface area contributed by atoms with Gasteiger partial charge < -0.3 is 15.1 Å². The van der Waals surface area contributed by atoms with E-state index >= 15 is 0 Å². The summed E-state index contributed by atoms with van der Waals surface area (Å²) in [6.45, 7) is 2.98. The molecule has 2 aliphatic heterocycles. The molecular formula is C32H37ClN6O3. The van der Waals surface area contributed by atoms with Crippen LogP contribution in [0.15, 0.2) is 60.6 Å². The normalized spacial score (nSPS) is 21.6. The summed E-state index contributed by atoms with van der Waals surface area (Å²) in [5.41, 5.74) is 11.8. The Morgan fingerprint density at radius 1 is 1.12 bits per heavy atom. The third-order valence-electron chi connectivity index (χ3n) is 8.54. The highest BCUT2D eigenvalue weighted by Gasteiger charge is 2.46. The first kappa shape index (κ1) is 28.3. The molecule has 2 fully saturated rings. The SMILES string of the molecule is CCC[C@@H]1CCCCN1C(=O)c1cccc(-c2cc(Cl)cc(-n3ncc(C(=O)OC)c3C3CC3C3=CN(C)NN3)c2)c1. The molecule has 2 unspecified atom stereocenters. The Balaban J connectivity index is 1.34. The van der Waals surface area contributed by atoms with Crippen LogP contribution in [-0.4, -0.2) is 58.3 Å². The standard InChI is InChI=1S/C32H37ClN6O3/c1-4-8-24-11-5-6-12-38(24)31(40)21-10-7-9-20(13-21)22-14-23(33)16-25(15-22)39-30(28(18-34-39)32(41)42-3)27-17-26(27)29-19-37(2)36-35-29/h7,9-10,13-16,18-19,24,26-27,35-36H,4-6,8,11-12,17H2,1-3H3/t24-,26?,27?/m1/s1.